The minimum Gasteiger partial charge on any atom is -0.493 e. The number of nitrogens with one attached hydrogen (secondary N) is 2. The third-order valence-electron chi connectivity index (χ3n) is 4.27. The maximum atomic E-state index is 12.1. The van der Waals surface area contributed by atoms with Crippen molar-refractivity contribution >= 4 is 11.8 Å². The Kier molecular flexibility index (Phi) is 8.33. The summed E-state index contributed by atoms with van der Waals surface area (Å²) >= 11 is 0. The van der Waals surface area contributed by atoms with Gasteiger partial charge in [0, 0.05) is 13.1 Å². The summed E-state index contributed by atoms with van der Waals surface area (Å²) in [6.45, 7) is 4.54. The summed E-state index contributed by atoms with van der Waals surface area (Å²) in [5.74, 6) is 1.50. The van der Waals surface area contributed by atoms with Crippen molar-refractivity contribution in [2.24, 2.45) is 0 Å². The van der Waals surface area contributed by atoms with Gasteiger partial charge < -0.3 is 24.8 Å². The molecule has 2 amide bonds. The average molecular weight is 400 g/mol. The molecular formula is C22H28N2O5. The number of ether oxygens (including phenoxy) is 3. The lowest BCUT2D eigenvalue weighted by atomic mass is 10.1. The van der Waals surface area contributed by atoms with E-state index in [1.165, 1.54) is 0 Å². The highest BCUT2D eigenvalue weighted by Crippen LogP contribution is 2.27. The first-order chi connectivity index (χ1) is 13.9. The molecule has 0 atom stereocenters. The molecule has 2 aromatic carbocycles. The molecule has 0 aromatic heterocycles. The maximum Gasteiger partial charge on any atom is 0.258 e. The number of methoxy groups -OCH3 is 2. The second-order valence-corrected chi connectivity index (χ2v) is 6.62. The zero-order valence-corrected chi connectivity index (χ0v) is 17.3. The van der Waals surface area contributed by atoms with Gasteiger partial charge in [-0.1, -0.05) is 23.8 Å². The van der Waals surface area contributed by atoms with Crippen LogP contribution >= 0.6 is 0 Å². The molecule has 0 aliphatic rings. The van der Waals surface area contributed by atoms with Crippen molar-refractivity contribution in [3.8, 4) is 17.2 Å². The molecular weight excluding hydrogens is 372 g/mol. The predicted octanol–water partition coefficient (Wildman–Crippen LogP) is 2.17. The van der Waals surface area contributed by atoms with Gasteiger partial charge in [0.2, 0.25) is 5.91 Å². The zero-order chi connectivity index (χ0) is 21.2. The fourth-order valence-electron chi connectivity index (χ4n) is 2.80. The molecule has 2 aromatic rings. The van der Waals surface area contributed by atoms with Crippen LogP contribution in [0, 0.1) is 13.8 Å². The number of aryl methyl sites for hydroxylation is 2. The molecule has 29 heavy (non-hydrogen) atoms. The lowest BCUT2D eigenvalue weighted by molar-refractivity contribution is -0.124. The smallest absolute Gasteiger partial charge is 0.258 e. The molecule has 2 rings (SSSR count). The number of hydrogen-bond acceptors (Lipinski definition) is 5. The van der Waals surface area contributed by atoms with E-state index in [2.05, 4.69) is 10.6 Å². The summed E-state index contributed by atoms with van der Waals surface area (Å²) in [5.41, 5.74) is 2.94. The van der Waals surface area contributed by atoms with Gasteiger partial charge in [0.25, 0.3) is 5.91 Å². The van der Waals surface area contributed by atoms with E-state index in [4.69, 9.17) is 14.2 Å². The summed E-state index contributed by atoms with van der Waals surface area (Å²) < 4.78 is 15.9. The van der Waals surface area contributed by atoms with E-state index >= 15 is 0 Å². The average Bonchev–Trinajstić information content (AvgIpc) is 2.70. The summed E-state index contributed by atoms with van der Waals surface area (Å²) in [7, 11) is 3.11. The largest absolute Gasteiger partial charge is 0.493 e. The highest BCUT2D eigenvalue weighted by atomic mass is 16.5. The van der Waals surface area contributed by atoms with Crippen LogP contribution < -0.4 is 24.8 Å². The van der Waals surface area contributed by atoms with E-state index in [1.54, 1.807) is 26.4 Å². The Bertz CT molecular complexity index is 851. The monoisotopic (exact) mass is 400 g/mol. The van der Waals surface area contributed by atoms with Gasteiger partial charge in [-0.15, -0.1) is 0 Å². The van der Waals surface area contributed by atoms with Crippen molar-refractivity contribution in [3.05, 3.63) is 53.1 Å². The van der Waals surface area contributed by atoms with Crippen LogP contribution in [0.5, 0.6) is 17.2 Å². The lowest BCUT2D eigenvalue weighted by Gasteiger charge is -2.11. The first kappa shape index (κ1) is 22.1. The normalized spacial score (nSPS) is 10.2. The van der Waals surface area contributed by atoms with Gasteiger partial charge in [0.15, 0.2) is 18.1 Å². The topological polar surface area (TPSA) is 85.9 Å². The fraction of sp³-hybridized carbons (Fsp3) is 0.364. The van der Waals surface area contributed by atoms with Crippen molar-refractivity contribution in [3.63, 3.8) is 0 Å². The van der Waals surface area contributed by atoms with Crippen molar-refractivity contribution in [2.75, 3.05) is 33.9 Å². The van der Waals surface area contributed by atoms with Crippen molar-refractivity contribution in [1.82, 2.24) is 10.6 Å². The molecule has 0 saturated heterocycles. The standard InChI is InChI=1S/C22H28N2O5/c1-15-5-7-18(16(2)11-15)29-14-22(26)24-10-9-23-21(25)13-17-6-8-19(27-3)20(12-17)28-4/h5-8,11-12H,9-10,13-14H2,1-4H3,(H,23,25)(H,24,26). The number of benzene rings is 2. The van der Waals surface area contributed by atoms with Crippen LogP contribution in [0.4, 0.5) is 0 Å². The second-order valence-electron chi connectivity index (χ2n) is 6.62. The third-order valence-corrected chi connectivity index (χ3v) is 4.27. The molecule has 2 N–H and O–H groups in total. The van der Waals surface area contributed by atoms with E-state index < -0.39 is 0 Å². The number of amides is 2. The quantitative estimate of drug-likeness (QED) is 0.597. The second kappa shape index (κ2) is 10.9. The SMILES string of the molecule is COc1ccc(CC(=O)NCCNC(=O)COc2ccc(C)cc2C)cc1OC. The molecule has 156 valence electrons. The number of carbonyl (C=O) groups is 2. The van der Waals surface area contributed by atoms with Crippen molar-refractivity contribution < 1.29 is 23.8 Å². The summed E-state index contributed by atoms with van der Waals surface area (Å²) in [5, 5.41) is 5.50. The molecule has 0 aliphatic heterocycles. The van der Waals surface area contributed by atoms with E-state index in [9.17, 15) is 9.59 Å². The van der Waals surface area contributed by atoms with Gasteiger partial charge in [-0.3, -0.25) is 9.59 Å². The molecule has 0 bridgehead atoms. The van der Waals surface area contributed by atoms with Crippen LogP contribution in [0.1, 0.15) is 16.7 Å². The Morgan fingerprint density at radius 2 is 1.48 bits per heavy atom. The molecule has 0 heterocycles. The van der Waals surface area contributed by atoms with Gasteiger partial charge >= 0.3 is 0 Å². The van der Waals surface area contributed by atoms with Gasteiger partial charge in [-0.05, 0) is 43.2 Å². The zero-order valence-electron chi connectivity index (χ0n) is 17.3. The number of hydrogen-bond donors (Lipinski definition) is 2. The lowest BCUT2D eigenvalue weighted by Crippen LogP contribution is -2.37. The number of rotatable bonds is 10. The van der Waals surface area contributed by atoms with Crippen LogP contribution in [0.2, 0.25) is 0 Å². The fourth-order valence-corrected chi connectivity index (χ4v) is 2.80. The van der Waals surface area contributed by atoms with Crippen LogP contribution in [0.3, 0.4) is 0 Å². The summed E-state index contributed by atoms with van der Waals surface area (Å²) in [6, 6.07) is 11.1. The van der Waals surface area contributed by atoms with E-state index in [-0.39, 0.29) is 24.8 Å². The molecule has 7 heteroatoms. The van der Waals surface area contributed by atoms with Crippen LogP contribution in [0.15, 0.2) is 36.4 Å². The Hall–Kier alpha value is -3.22. The molecule has 0 unspecified atom stereocenters. The Balaban J connectivity index is 1.67. The summed E-state index contributed by atoms with van der Waals surface area (Å²) in [6.07, 6.45) is 0.212. The minimum atomic E-state index is -0.237. The van der Waals surface area contributed by atoms with Crippen LogP contribution in [0.25, 0.3) is 0 Å². The molecule has 0 saturated carbocycles. The summed E-state index contributed by atoms with van der Waals surface area (Å²) in [4.78, 5) is 24.0. The number of carbonyl (C=O) groups excluding carboxylic acids is 2. The maximum absolute atomic E-state index is 12.1. The van der Waals surface area contributed by atoms with E-state index in [0.29, 0.717) is 30.3 Å². The van der Waals surface area contributed by atoms with Crippen LogP contribution in [-0.4, -0.2) is 45.7 Å². The highest BCUT2D eigenvalue weighted by Gasteiger charge is 2.09. The molecule has 7 nitrogen and oxygen atoms in total. The molecule has 0 aliphatic carbocycles. The first-order valence-corrected chi connectivity index (χ1v) is 9.37. The molecule has 0 radical (unpaired) electrons. The van der Waals surface area contributed by atoms with Gasteiger partial charge in [-0.25, -0.2) is 0 Å². The Morgan fingerprint density at radius 3 is 2.14 bits per heavy atom. The predicted molar refractivity (Wildman–Crippen MR) is 111 cm³/mol. The van der Waals surface area contributed by atoms with E-state index in [0.717, 1.165) is 16.7 Å². The minimum absolute atomic E-state index is 0.0660. The third kappa shape index (κ3) is 7.03. The Morgan fingerprint density at radius 1 is 0.828 bits per heavy atom. The van der Waals surface area contributed by atoms with Gasteiger partial charge in [0.05, 0.1) is 20.6 Å². The van der Waals surface area contributed by atoms with Gasteiger partial charge in [0.1, 0.15) is 5.75 Å². The first-order valence-electron chi connectivity index (χ1n) is 9.37. The van der Waals surface area contributed by atoms with E-state index in [1.807, 2.05) is 38.1 Å². The molecule has 0 spiro atoms. The van der Waals surface area contributed by atoms with Crippen molar-refractivity contribution in [1.29, 1.82) is 0 Å². The van der Waals surface area contributed by atoms with Crippen molar-refractivity contribution in [2.45, 2.75) is 20.3 Å². The van der Waals surface area contributed by atoms with Gasteiger partial charge in [-0.2, -0.15) is 0 Å². The molecule has 0 fully saturated rings. The highest BCUT2D eigenvalue weighted by molar-refractivity contribution is 5.79. The Labute approximate surface area is 171 Å². The van der Waals surface area contributed by atoms with Crippen LogP contribution in [-0.2, 0) is 16.0 Å².